The van der Waals surface area contributed by atoms with E-state index in [-0.39, 0.29) is 18.9 Å². The minimum absolute atomic E-state index is 0.0185. The number of furan rings is 1. The number of carbonyl (C=O) groups is 3. The lowest BCUT2D eigenvalue weighted by atomic mass is 9.82. The van der Waals surface area contributed by atoms with Crippen molar-refractivity contribution in [1.82, 2.24) is 20.5 Å². The molecule has 0 bridgehead atoms. The molecule has 37 heavy (non-hydrogen) atoms. The van der Waals surface area contributed by atoms with Crippen LogP contribution in [0.4, 0.5) is 5.82 Å². The monoisotopic (exact) mass is 503 g/mol. The predicted molar refractivity (Wildman–Crippen MR) is 135 cm³/mol. The number of imide groups is 1. The quantitative estimate of drug-likeness (QED) is 0.491. The van der Waals surface area contributed by atoms with E-state index in [1.165, 1.54) is 0 Å². The van der Waals surface area contributed by atoms with Crippen LogP contribution in [0.2, 0.25) is 0 Å². The molecule has 0 radical (unpaired) electrons. The Morgan fingerprint density at radius 1 is 1.16 bits per heavy atom. The fourth-order valence-corrected chi connectivity index (χ4v) is 5.69. The Morgan fingerprint density at radius 3 is 2.68 bits per heavy atom. The Kier molecular flexibility index (Phi) is 5.63. The molecular weight excluding hydrogens is 474 g/mol. The van der Waals surface area contributed by atoms with E-state index in [0.29, 0.717) is 40.8 Å². The van der Waals surface area contributed by atoms with Crippen LogP contribution in [-0.4, -0.2) is 67.4 Å². The van der Waals surface area contributed by atoms with E-state index in [4.69, 9.17) is 14.1 Å². The Labute approximate surface area is 213 Å². The van der Waals surface area contributed by atoms with Crippen molar-refractivity contribution in [2.75, 3.05) is 38.7 Å². The van der Waals surface area contributed by atoms with Crippen molar-refractivity contribution < 1.29 is 23.5 Å². The Morgan fingerprint density at radius 2 is 1.97 bits per heavy atom. The van der Waals surface area contributed by atoms with Gasteiger partial charge in [-0.15, -0.1) is 0 Å². The number of nitrogens with zero attached hydrogens (tertiary/aromatic N) is 3. The average Bonchev–Trinajstić information content (AvgIpc) is 3.57. The molecule has 3 aromatic rings. The molecule has 3 amide bonds. The second kappa shape index (κ2) is 8.88. The van der Waals surface area contributed by atoms with Gasteiger partial charge in [0, 0.05) is 43.9 Å². The third-order valence-electron chi connectivity index (χ3n) is 7.86. The number of pyridine rings is 1. The molecule has 10 nitrogen and oxygen atoms in total. The summed E-state index contributed by atoms with van der Waals surface area (Å²) in [6.07, 6.45) is 1.98. The first-order valence-electron chi connectivity index (χ1n) is 12.5. The zero-order valence-electron chi connectivity index (χ0n) is 20.9. The lowest BCUT2D eigenvalue weighted by Crippen LogP contribution is -2.46. The second-order valence-electron chi connectivity index (χ2n) is 10.0. The molecule has 2 aromatic heterocycles. The number of fused-ring (bicyclic) bond motifs is 2. The molecule has 5 heterocycles. The van der Waals surface area contributed by atoms with Gasteiger partial charge in [-0.25, -0.2) is 4.98 Å². The van der Waals surface area contributed by atoms with Gasteiger partial charge in [0.15, 0.2) is 5.58 Å². The maximum atomic E-state index is 13.3. The van der Waals surface area contributed by atoms with E-state index < -0.39 is 17.2 Å². The van der Waals surface area contributed by atoms with E-state index in [2.05, 4.69) is 15.5 Å². The SMILES string of the molecule is CNC1CCN(c2ccc3oc([C@]4(CN5Cc6ccc(OC)cc6C5=O)CC(=O)NC4=O)cc3n2)CC1. The number of hydrogen-bond acceptors (Lipinski definition) is 8. The summed E-state index contributed by atoms with van der Waals surface area (Å²) in [5, 5.41) is 5.76. The van der Waals surface area contributed by atoms with Gasteiger partial charge in [-0.05, 0) is 49.7 Å². The number of rotatable bonds is 6. The number of methoxy groups -OCH3 is 1. The molecule has 2 fully saturated rings. The lowest BCUT2D eigenvalue weighted by Gasteiger charge is -2.32. The van der Waals surface area contributed by atoms with Crippen LogP contribution in [0.15, 0.2) is 40.8 Å². The fraction of sp³-hybridized carbons (Fsp3) is 0.407. The highest BCUT2D eigenvalue weighted by molar-refractivity contribution is 6.10. The van der Waals surface area contributed by atoms with Gasteiger partial charge < -0.3 is 24.3 Å². The maximum Gasteiger partial charge on any atom is 0.254 e. The molecule has 2 saturated heterocycles. The molecule has 3 aliphatic heterocycles. The Bertz CT molecular complexity index is 1410. The minimum Gasteiger partial charge on any atom is -0.497 e. The zero-order chi connectivity index (χ0) is 25.7. The fourth-order valence-electron chi connectivity index (χ4n) is 5.69. The van der Waals surface area contributed by atoms with Gasteiger partial charge >= 0.3 is 0 Å². The smallest absolute Gasteiger partial charge is 0.254 e. The summed E-state index contributed by atoms with van der Waals surface area (Å²) in [7, 11) is 3.54. The third-order valence-corrected chi connectivity index (χ3v) is 7.86. The van der Waals surface area contributed by atoms with Gasteiger partial charge in [-0.2, -0.15) is 0 Å². The van der Waals surface area contributed by atoms with Crippen molar-refractivity contribution in [2.24, 2.45) is 0 Å². The molecule has 6 rings (SSSR count). The van der Waals surface area contributed by atoms with Crippen LogP contribution in [0.3, 0.4) is 0 Å². The van der Waals surface area contributed by atoms with Crippen LogP contribution >= 0.6 is 0 Å². The van der Waals surface area contributed by atoms with E-state index in [1.54, 1.807) is 30.2 Å². The van der Waals surface area contributed by atoms with E-state index in [1.807, 2.05) is 25.2 Å². The van der Waals surface area contributed by atoms with Crippen LogP contribution in [0.5, 0.6) is 5.75 Å². The van der Waals surface area contributed by atoms with Crippen LogP contribution < -0.4 is 20.3 Å². The number of anilines is 1. The number of benzene rings is 1. The van der Waals surface area contributed by atoms with Crippen molar-refractivity contribution in [3.8, 4) is 5.75 Å². The minimum atomic E-state index is -1.33. The summed E-state index contributed by atoms with van der Waals surface area (Å²) >= 11 is 0. The molecule has 10 heteroatoms. The molecule has 0 saturated carbocycles. The number of aromatic nitrogens is 1. The van der Waals surface area contributed by atoms with Crippen LogP contribution in [0.25, 0.3) is 11.1 Å². The van der Waals surface area contributed by atoms with E-state index in [9.17, 15) is 14.4 Å². The summed E-state index contributed by atoms with van der Waals surface area (Å²) in [6.45, 7) is 2.16. The first kappa shape index (κ1) is 23.5. The molecular formula is C27H29N5O5. The highest BCUT2D eigenvalue weighted by Crippen LogP contribution is 2.39. The standard InChI is InChI=1S/C27H29N5O5/c1-28-17-7-9-31(10-8-17)23-6-5-21-20(29-23)12-22(37-21)27(13-24(33)30-26(27)35)15-32-14-16-3-4-18(36-2)11-19(16)25(32)34/h3-6,11-12,17,28H,7-10,13-15H2,1-2H3,(H,30,33,35)/t27-/m1/s1. The highest BCUT2D eigenvalue weighted by atomic mass is 16.5. The predicted octanol–water partition coefficient (Wildman–Crippen LogP) is 1.96. The van der Waals surface area contributed by atoms with Crippen molar-refractivity contribution in [1.29, 1.82) is 0 Å². The first-order valence-corrected chi connectivity index (χ1v) is 12.5. The number of ether oxygens (including phenoxy) is 1. The molecule has 1 aromatic carbocycles. The number of nitrogens with one attached hydrogen (secondary N) is 2. The summed E-state index contributed by atoms with van der Waals surface area (Å²) < 4.78 is 11.4. The van der Waals surface area contributed by atoms with E-state index in [0.717, 1.165) is 37.3 Å². The number of hydrogen-bond donors (Lipinski definition) is 2. The van der Waals surface area contributed by atoms with Gasteiger partial charge in [-0.1, -0.05) is 6.07 Å². The number of carbonyl (C=O) groups excluding carboxylic acids is 3. The second-order valence-corrected chi connectivity index (χ2v) is 10.0. The van der Waals surface area contributed by atoms with Crippen LogP contribution in [0, 0.1) is 0 Å². The topological polar surface area (TPSA) is 117 Å². The summed E-state index contributed by atoms with van der Waals surface area (Å²) in [5.74, 6) is 0.721. The third kappa shape index (κ3) is 3.92. The molecule has 0 unspecified atom stereocenters. The normalized spacial score (nSPS) is 22.2. The van der Waals surface area contributed by atoms with Gasteiger partial charge in [0.25, 0.3) is 5.91 Å². The van der Waals surface area contributed by atoms with Crippen molar-refractivity contribution in [3.63, 3.8) is 0 Å². The van der Waals surface area contributed by atoms with E-state index >= 15 is 0 Å². The summed E-state index contributed by atoms with van der Waals surface area (Å²) in [5.41, 5.74) is 1.22. The van der Waals surface area contributed by atoms with Crippen LogP contribution in [-0.2, 0) is 21.5 Å². The van der Waals surface area contributed by atoms with Crippen molar-refractivity contribution >= 4 is 34.6 Å². The largest absolute Gasteiger partial charge is 0.497 e. The lowest BCUT2D eigenvalue weighted by molar-refractivity contribution is -0.127. The Hall–Kier alpha value is -3.92. The highest BCUT2D eigenvalue weighted by Gasteiger charge is 2.53. The molecule has 192 valence electrons. The van der Waals surface area contributed by atoms with Gasteiger partial charge in [0.05, 0.1) is 13.5 Å². The summed E-state index contributed by atoms with van der Waals surface area (Å²) in [4.78, 5) is 47.6. The molecule has 1 atom stereocenters. The zero-order valence-corrected chi connectivity index (χ0v) is 20.9. The van der Waals surface area contributed by atoms with Crippen molar-refractivity contribution in [2.45, 2.75) is 37.3 Å². The maximum absolute atomic E-state index is 13.3. The number of piperidine rings is 1. The van der Waals surface area contributed by atoms with Crippen LogP contribution in [0.1, 0.15) is 40.9 Å². The van der Waals surface area contributed by atoms with Gasteiger partial charge in [-0.3, -0.25) is 19.7 Å². The molecule has 3 aliphatic rings. The summed E-state index contributed by atoms with van der Waals surface area (Å²) in [6, 6.07) is 11.4. The van der Waals surface area contributed by atoms with Crippen molar-refractivity contribution in [3.05, 3.63) is 53.3 Å². The molecule has 0 spiro atoms. The van der Waals surface area contributed by atoms with Gasteiger partial charge in [0.2, 0.25) is 11.8 Å². The average molecular weight is 504 g/mol. The molecule has 2 N–H and O–H groups in total. The Balaban J connectivity index is 1.31. The molecule has 0 aliphatic carbocycles. The van der Waals surface area contributed by atoms with Gasteiger partial charge in [0.1, 0.15) is 28.3 Å². The number of amides is 3. The first-order chi connectivity index (χ1) is 17.9.